The molecule has 0 aliphatic carbocycles. The van der Waals surface area contributed by atoms with Gasteiger partial charge in [-0.25, -0.2) is 4.98 Å². The molecule has 0 bridgehead atoms. The summed E-state index contributed by atoms with van der Waals surface area (Å²) in [6, 6.07) is 9.43. The van der Waals surface area contributed by atoms with Crippen molar-refractivity contribution >= 4 is 17.3 Å². The van der Waals surface area contributed by atoms with Gasteiger partial charge in [-0.3, -0.25) is 0 Å². The third kappa shape index (κ3) is 2.68. The molecule has 2 rings (SSSR count). The number of benzene rings is 1. The number of para-hydroxylation sites is 1. The first-order valence-electron chi connectivity index (χ1n) is 5.37. The molecule has 1 aromatic carbocycles. The van der Waals surface area contributed by atoms with Gasteiger partial charge in [-0.2, -0.15) is 0 Å². The van der Waals surface area contributed by atoms with Crippen LogP contribution in [0.4, 0.5) is 5.69 Å². The molecule has 3 nitrogen and oxygen atoms in total. The zero-order chi connectivity index (χ0) is 12.3. The number of anilines is 1. The van der Waals surface area contributed by atoms with Gasteiger partial charge < -0.3 is 10.5 Å². The van der Waals surface area contributed by atoms with Gasteiger partial charge in [0.2, 0.25) is 5.88 Å². The molecule has 0 amide bonds. The summed E-state index contributed by atoms with van der Waals surface area (Å²) in [5.41, 5.74) is 7.34. The Kier molecular flexibility index (Phi) is 3.49. The van der Waals surface area contributed by atoms with Crippen molar-refractivity contribution in [3.8, 4) is 11.6 Å². The fourth-order valence-electron chi connectivity index (χ4n) is 1.53. The van der Waals surface area contributed by atoms with Gasteiger partial charge in [-0.05, 0) is 24.1 Å². The van der Waals surface area contributed by atoms with Crippen LogP contribution in [0.3, 0.4) is 0 Å². The highest BCUT2D eigenvalue weighted by molar-refractivity contribution is 6.30. The number of aryl methyl sites for hydroxylation is 1. The van der Waals surface area contributed by atoms with Crippen molar-refractivity contribution in [1.29, 1.82) is 0 Å². The number of halogens is 1. The van der Waals surface area contributed by atoms with E-state index in [2.05, 4.69) is 11.9 Å². The number of pyridine rings is 1. The minimum Gasteiger partial charge on any atom is -0.437 e. The summed E-state index contributed by atoms with van der Waals surface area (Å²) in [6.45, 7) is 2.07. The number of nitrogen functional groups attached to an aromatic ring is 1. The molecular weight excluding hydrogens is 236 g/mol. The Morgan fingerprint density at radius 2 is 2.12 bits per heavy atom. The fourth-order valence-corrected chi connectivity index (χ4v) is 1.69. The van der Waals surface area contributed by atoms with Crippen molar-refractivity contribution in [1.82, 2.24) is 4.98 Å². The zero-order valence-electron chi connectivity index (χ0n) is 9.48. The minimum atomic E-state index is 0.385. The molecule has 0 radical (unpaired) electrons. The van der Waals surface area contributed by atoms with E-state index in [1.807, 2.05) is 24.3 Å². The van der Waals surface area contributed by atoms with E-state index in [1.165, 1.54) is 6.20 Å². The number of hydrogen-bond donors (Lipinski definition) is 1. The zero-order valence-corrected chi connectivity index (χ0v) is 10.2. The predicted octanol–water partition coefficient (Wildman–Crippen LogP) is 3.67. The number of nitrogens with zero attached hydrogens (tertiary/aromatic N) is 1. The summed E-state index contributed by atoms with van der Waals surface area (Å²) < 4.78 is 5.69. The summed E-state index contributed by atoms with van der Waals surface area (Å²) in [5, 5.41) is 0.499. The Bertz CT molecular complexity index is 529. The smallest absolute Gasteiger partial charge is 0.242 e. The molecule has 17 heavy (non-hydrogen) atoms. The van der Waals surface area contributed by atoms with Crippen LogP contribution in [0.2, 0.25) is 5.02 Å². The second kappa shape index (κ2) is 5.06. The van der Waals surface area contributed by atoms with Crippen LogP contribution in [-0.2, 0) is 6.42 Å². The Morgan fingerprint density at radius 1 is 1.35 bits per heavy atom. The van der Waals surface area contributed by atoms with E-state index in [0.717, 1.165) is 17.7 Å². The second-order valence-corrected chi connectivity index (χ2v) is 4.05. The van der Waals surface area contributed by atoms with E-state index >= 15 is 0 Å². The lowest BCUT2D eigenvalue weighted by molar-refractivity contribution is 0.460. The Hall–Kier alpha value is -1.74. The first kappa shape index (κ1) is 11.7. The number of ether oxygens (including phenoxy) is 1. The quantitative estimate of drug-likeness (QED) is 0.902. The highest BCUT2D eigenvalue weighted by Crippen LogP contribution is 2.29. The molecule has 0 saturated heterocycles. The van der Waals surface area contributed by atoms with Gasteiger partial charge in [0.15, 0.2) is 0 Å². The number of hydrogen-bond acceptors (Lipinski definition) is 3. The van der Waals surface area contributed by atoms with Gasteiger partial charge in [0.25, 0.3) is 0 Å². The first-order chi connectivity index (χ1) is 8.20. The average molecular weight is 249 g/mol. The van der Waals surface area contributed by atoms with Gasteiger partial charge in [0.05, 0.1) is 10.7 Å². The number of nitrogens with two attached hydrogens (primary N) is 1. The lowest BCUT2D eigenvalue weighted by Crippen LogP contribution is -1.96. The standard InChI is InChI=1S/C13H13ClN2O/c1-2-9-5-3-4-6-12(9)17-13-11(15)7-10(14)8-16-13/h3-8H,2,15H2,1H3. The number of rotatable bonds is 3. The van der Waals surface area contributed by atoms with E-state index in [0.29, 0.717) is 16.6 Å². The van der Waals surface area contributed by atoms with Gasteiger partial charge in [-0.1, -0.05) is 36.7 Å². The number of aromatic nitrogens is 1. The summed E-state index contributed by atoms with van der Waals surface area (Å²) >= 11 is 5.78. The molecule has 2 aromatic rings. The van der Waals surface area contributed by atoms with Crippen LogP contribution in [0.15, 0.2) is 36.5 Å². The average Bonchev–Trinajstić information content (AvgIpc) is 2.33. The Balaban J connectivity index is 2.31. The predicted molar refractivity (Wildman–Crippen MR) is 69.6 cm³/mol. The van der Waals surface area contributed by atoms with E-state index < -0.39 is 0 Å². The van der Waals surface area contributed by atoms with Gasteiger partial charge in [0.1, 0.15) is 5.75 Å². The van der Waals surface area contributed by atoms with Crippen molar-refractivity contribution in [2.24, 2.45) is 0 Å². The lowest BCUT2D eigenvalue weighted by Gasteiger charge is -2.10. The highest BCUT2D eigenvalue weighted by atomic mass is 35.5. The molecule has 0 atom stereocenters. The molecule has 1 heterocycles. The monoisotopic (exact) mass is 248 g/mol. The van der Waals surface area contributed by atoms with Crippen LogP contribution in [0.25, 0.3) is 0 Å². The molecular formula is C13H13ClN2O. The highest BCUT2D eigenvalue weighted by Gasteiger charge is 2.07. The van der Waals surface area contributed by atoms with E-state index in [9.17, 15) is 0 Å². The van der Waals surface area contributed by atoms with Crippen LogP contribution >= 0.6 is 11.6 Å². The molecule has 1 aromatic heterocycles. The molecule has 0 saturated carbocycles. The Morgan fingerprint density at radius 3 is 2.82 bits per heavy atom. The van der Waals surface area contributed by atoms with Crippen LogP contribution < -0.4 is 10.5 Å². The van der Waals surface area contributed by atoms with Crippen LogP contribution in [-0.4, -0.2) is 4.98 Å². The first-order valence-corrected chi connectivity index (χ1v) is 5.75. The van der Waals surface area contributed by atoms with Crippen LogP contribution in [0.5, 0.6) is 11.6 Å². The third-order valence-corrected chi connectivity index (χ3v) is 2.61. The lowest BCUT2D eigenvalue weighted by atomic mass is 10.1. The third-order valence-electron chi connectivity index (χ3n) is 2.41. The van der Waals surface area contributed by atoms with Crippen molar-refractivity contribution in [3.05, 3.63) is 47.1 Å². The Labute approximate surface area is 105 Å². The topological polar surface area (TPSA) is 48.1 Å². The minimum absolute atomic E-state index is 0.385. The van der Waals surface area contributed by atoms with E-state index in [1.54, 1.807) is 6.07 Å². The maximum atomic E-state index is 5.79. The van der Waals surface area contributed by atoms with Gasteiger partial charge >= 0.3 is 0 Å². The van der Waals surface area contributed by atoms with Crippen LogP contribution in [0, 0.1) is 0 Å². The molecule has 4 heteroatoms. The van der Waals surface area contributed by atoms with Gasteiger partial charge in [0, 0.05) is 6.20 Å². The van der Waals surface area contributed by atoms with E-state index in [-0.39, 0.29) is 0 Å². The SMILES string of the molecule is CCc1ccccc1Oc1ncc(Cl)cc1N. The molecule has 88 valence electrons. The van der Waals surface area contributed by atoms with Gasteiger partial charge in [-0.15, -0.1) is 0 Å². The maximum absolute atomic E-state index is 5.79. The fraction of sp³-hybridized carbons (Fsp3) is 0.154. The molecule has 2 N–H and O–H groups in total. The molecule has 0 fully saturated rings. The van der Waals surface area contributed by atoms with Crippen LogP contribution in [0.1, 0.15) is 12.5 Å². The summed E-state index contributed by atoms with van der Waals surface area (Å²) in [7, 11) is 0. The van der Waals surface area contributed by atoms with Crippen molar-refractivity contribution < 1.29 is 4.74 Å². The normalized spacial score (nSPS) is 10.2. The second-order valence-electron chi connectivity index (χ2n) is 3.61. The largest absolute Gasteiger partial charge is 0.437 e. The summed E-state index contributed by atoms with van der Waals surface area (Å²) in [6.07, 6.45) is 2.41. The molecule has 0 aliphatic heterocycles. The van der Waals surface area contributed by atoms with E-state index in [4.69, 9.17) is 22.1 Å². The summed E-state index contributed by atoms with van der Waals surface area (Å²) in [5.74, 6) is 1.16. The van der Waals surface area contributed by atoms with Crippen molar-refractivity contribution in [3.63, 3.8) is 0 Å². The molecule has 0 aliphatic rings. The van der Waals surface area contributed by atoms with Crippen molar-refractivity contribution in [2.45, 2.75) is 13.3 Å². The molecule has 0 unspecified atom stereocenters. The maximum Gasteiger partial charge on any atom is 0.242 e. The summed E-state index contributed by atoms with van der Waals surface area (Å²) in [4.78, 5) is 4.07. The molecule has 0 spiro atoms. The van der Waals surface area contributed by atoms with Crippen molar-refractivity contribution in [2.75, 3.05) is 5.73 Å².